The number of aliphatic carboxylic acids is 1. The molecular weight excluding hydrogens is 129 g/mol. The second kappa shape index (κ2) is 5.23. The molecule has 0 aromatic carbocycles. The van der Waals surface area contributed by atoms with Crippen molar-refractivity contribution in [2.75, 3.05) is 0 Å². The Morgan fingerprint density at radius 2 is 1.89 bits per heavy atom. The van der Waals surface area contributed by atoms with E-state index in [0.29, 0.717) is 0 Å². The van der Waals surface area contributed by atoms with E-state index < -0.39 is 12.0 Å². The van der Waals surface area contributed by atoms with E-state index >= 15 is 0 Å². The molecule has 0 aliphatic carbocycles. The number of hydrogen-bond acceptors (Lipinski definition) is 2. The molecule has 0 unspecified atom stereocenters. The second-order valence-electron chi connectivity index (χ2n) is 2.11. The van der Waals surface area contributed by atoms with Crippen LogP contribution >= 0.6 is 0 Å². The maximum atomic E-state index is 10.0. The van der Waals surface area contributed by atoms with Crippen molar-refractivity contribution in [3.8, 4) is 0 Å². The van der Waals surface area contributed by atoms with Crippen LogP contribution in [0.5, 0.6) is 0 Å². The molecule has 1 atom stereocenters. The summed E-state index contributed by atoms with van der Waals surface area (Å²) in [7, 11) is 0. The van der Waals surface area contributed by atoms with E-state index in [2.05, 4.69) is 0 Å². The zero-order valence-electron chi connectivity index (χ0n) is 5.09. The molecule has 0 aliphatic heterocycles. The average molecular weight is 141 g/mol. The fourth-order valence-corrected chi connectivity index (χ4v) is 0.285. The molecule has 0 saturated heterocycles. The van der Waals surface area contributed by atoms with Gasteiger partial charge >= 0.3 is 35.5 Å². The van der Waals surface area contributed by atoms with Gasteiger partial charge in [0.2, 0.25) is 0 Å². The minimum absolute atomic E-state index is 0. The van der Waals surface area contributed by atoms with Gasteiger partial charge in [-0.3, -0.25) is 4.79 Å². The Kier molecular flexibility index (Phi) is 7.06. The summed E-state index contributed by atoms with van der Waals surface area (Å²) in [6.45, 7) is 3.55. The van der Waals surface area contributed by atoms with Gasteiger partial charge in [-0.25, -0.2) is 0 Å². The number of rotatable bonds is 2. The van der Waals surface area contributed by atoms with Gasteiger partial charge in [-0.15, -0.1) is 0 Å². The summed E-state index contributed by atoms with van der Waals surface area (Å²) in [6, 6.07) is -0.713. The van der Waals surface area contributed by atoms with Crippen LogP contribution in [0.25, 0.3) is 0 Å². The molecule has 0 radical (unpaired) electrons. The number of carbonyl (C=O) groups is 1. The monoisotopic (exact) mass is 141 g/mol. The van der Waals surface area contributed by atoms with Gasteiger partial charge in [-0.2, -0.15) is 0 Å². The van der Waals surface area contributed by atoms with Gasteiger partial charge < -0.3 is 10.8 Å². The van der Waals surface area contributed by atoms with Crippen molar-refractivity contribution in [2.45, 2.75) is 19.9 Å². The molecule has 4 heteroatoms. The van der Waals surface area contributed by atoms with Crippen molar-refractivity contribution in [2.24, 2.45) is 11.7 Å². The topological polar surface area (TPSA) is 63.3 Å². The molecule has 0 rings (SSSR count). The van der Waals surface area contributed by atoms with E-state index in [9.17, 15) is 4.79 Å². The van der Waals surface area contributed by atoms with Crippen LogP contribution < -0.4 is 5.73 Å². The van der Waals surface area contributed by atoms with Gasteiger partial charge in [-0.05, 0) is 5.92 Å². The third kappa shape index (κ3) is 4.90. The van der Waals surface area contributed by atoms with Crippen LogP contribution in [0.2, 0.25) is 0 Å². The van der Waals surface area contributed by atoms with Crippen molar-refractivity contribution in [3.63, 3.8) is 0 Å². The Morgan fingerprint density at radius 1 is 1.56 bits per heavy atom. The number of carboxylic acids is 1. The molecule has 0 fully saturated rings. The average Bonchev–Trinajstić information content (AvgIpc) is 1.64. The van der Waals surface area contributed by atoms with Gasteiger partial charge in [0.1, 0.15) is 6.04 Å². The third-order valence-electron chi connectivity index (χ3n) is 1.00. The summed E-state index contributed by atoms with van der Waals surface area (Å²) in [5.41, 5.74) is 5.16. The van der Waals surface area contributed by atoms with Crippen molar-refractivity contribution < 1.29 is 9.90 Å². The fourth-order valence-electron chi connectivity index (χ4n) is 0.285. The molecule has 0 aromatic heterocycles. The molecule has 0 aliphatic rings. The Balaban J connectivity index is 0. The molecule has 0 heterocycles. The summed E-state index contributed by atoms with van der Waals surface area (Å²) >= 11 is 0. The van der Waals surface area contributed by atoms with E-state index in [-0.39, 0.29) is 35.5 Å². The fraction of sp³-hybridized carbons (Fsp3) is 0.800. The first kappa shape index (κ1) is 12.1. The second-order valence-corrected chi connectivity index (χ2v) is 2.11. The summed E-state index contributed by atoms with van der Waals surface area (Å²) in [5.74, 6) is -0.910. The third-order valence-corrected chi connectivity index (χ3v) is 1.00. The van der Waals surface area contributed by atoms with Crippen LogP contribution in [0.15, 0.2) is 0 Å². The molecule has 0 bridgehead atoms. The SMILES string of the molecule is CC(C)[C@H](N)C(=O)O.[NaH]. The van der Waals surface area contributed by atoms with E-state index in [1.54, 1.807) is 13.8 Å². The molecular formula is C5H12NNaO2. The van der Waals surface area contributed by atoms with Crippen molar-refractivity contribution in [1.29, 1.82) is 0 Å². The summed E-state index contributed by atoms with van der Waals surface area (Å²) in [5, 5.41) is 8.23. The first-order valence-electron chi connectivity index (χ1n) is 2.54. The van der Waals surface area contributed by atoms with Crippen LogP contribution in [0.4, 0.5) is 0 Å². The van der Waals surface area contributed by atoms with E-state index in [0.717, 1.165) is 0 Å². The molecule has 3 N–H and O–H groups in total. The Hall–Kier alpha value is 0.430. The number of hydrogen-bond donors (Lipinski definition) is 2. The molecule has 0 spiro atoms. The van der Waals surface area contributed by atoms with Crippen LogP contribution in [0, 0.1) is 5.92 Å². The number of carboxylic acid groups (broad SMARTS) is 1. The maximum absolute atomic E-state index is 10.0. The molecule has 0 amide bonds. The van der Waals surface area contributed by atoms with Gasteiger partial charge in [0, 0.05) is 0 Å². The first-order valence-corrected chi connectivity index (χ1v) is 2.54. The zero-order chi connectivity index (χ0) is 6.73. The standard InChI is InChI=1S/C5H11NO2.Na.H/c1-3(2)4(6)5(7)8;;/h3-4H,6H2,1-2H3,(H,7,8);;/t4-;;/m0../s1. The van der Waals surface area contributed by atoms with Crippen molar-refractivity contribution in [3.05, 3.63) is 0 Å². The quantitative estimate of drug-likeness (QED) is 0.505. The van der Waals surface area contributed by atoms with E-state index in [4.69, 9.17) is 10.8 Å². The van der Waals surface area contributed by atoms with E-state index in [1.807, 2.05) is 0 Å². The van der Waals surface area contributed by atoms with Crippen molar-refractivity contribution >= 4 is 35.5 Å². The summed E-state index contributed by atoms with van der Waals surface area (Å²) in [4.78, 5) is 10.0. The zero-order valence-corrected chi connectivity index (χ0v) is 5.09. The molecule has 9 heavy (non-hydrogen) atoms. The molecule has 3 nitrogen and oxygen atoms in total. The predicted molar refractivity (Wildman–Crippen MR) is 37.6 cm³/mol. The van der Waals surface area contributed by atoms with Gasteiger partial charge in [0.25, 0.3) is 0 Å². The normalized spacial score (nSPS) is 12.4. The molecule has 0 saturated carbocycles. The first-order chi connectivity index (χ1) is 3.55. The number of nitrogens with two attached hydrogens (primary N) is 1. The van der Waals surface area contributed by atoms with E-state index in [1.165, 1.54) is 0 Å². The molecule has 0 aromatic rings. The van der Waals surface area contributed by atoms with Crippen molar-refractivity contribution in [1.82, 2.24) is 0 Å². The summed E-state index contributed by atoms with van der Waals surface area (Å²) < 4.78 is 0. The minimum atomic E-state index is -0.931. The van der Waals surface area contributed by atoms with Gasteiger partial charge in [-0.1, -0.05) is 13.8 Å². The van der Waals surface area contributed by atoms with Crippen LogP contribution in [0.3, 0.4) is 0 Å². The van der Waals surface area contributed by atoms with Gasteiger partial charge in [0.15, 0.2) is 0 Å². The predicted octanol–water partition coefficient (Wildman–Crippen LogP) is -0.594. The molecule has 50 valence electrons. The summed E-state index contributed by atoms with van der Waals surface area (Å²) in [6.07, 6.45) is 0. The van der Waals surface area contributed by atoms with Crippen LogP contribution in [-0.2, 0) is 4.79 Å². The Labute approximate surface area is 76.9 Å². The Bertz CT molecular complexity index is 95.0. The van der Waals surface area contributed by atoms with Gasteiger partial charge in [0.05, 0.1) is 0 Å². The van der Waals surface area contributed by atoms with Crippen LogP contribution in [-0.4, -0.2) is 46.7 Å². The Morgan fingerprint density at radius 3 is 1.89 bits per heavy atom. The van der Waals surface area contributed by atoms with Crippen LogP contribution in [0.1, 0.15) is 13.8 Å².